The number of ether oxygens (including phenoxy) is 1. The van der Waals surface area contributed by atoms with Crippen LogP contribution in [0.25, 0.3) is 0 Å². The van der Waals surface area contributed by atoms with Gasteiger partial charge in [-0.1, -0.05) is 12.1 Å². The maximum Gasteiger partial charge on any atom is 0.269 e. The highest BCUT2D eigenvalue weighted by Crippen LogP contribution is 2.23. The fourth-order valence-corrected chi connectivity index (χ4v) is 1.33. The van der Waals surface area contributed by atoms with Gasteiger partial charge < -0.3 is 4.74 Å². The fourth-order valence-electron chi connectivity index (χ4n) is 1.33. The van der Waals surface area contributed by atoms with Crippen LogP contribution < -0.4 is 4.74 Å². The van der Waals surface area contributed by atoms with E-state index in [9.17, 15) is 10.1 Å². The van der Waals surface area contributed by atoms with Crippen LogP contribution in [0.1, 0.15) is 5.56 Å². The van der Waals surface area contributed by atoms with Crippen molar-refractivity contribution in [2.45, 2.75) is 0 Å². The Kier molecular flexibility index (Phi) is 3.05. The molecule has 0 aliphatic heterocycles. The van der Waals surface area contributed by atoms with Crippen molar-refractivity contribution in [1.29, 1.82) is 0 Å². The van der Waals surface area contributed by atoms with Gasteiger partial charge in [-0.25, -0.2) is 0 Å². The van der Waals surface area contributed by atoms with Crippen LogP contribution in [-0.2, 0) is 0 Å². The monoisotopic (exact) mass is 228 g/mol. The minimum Gasteiger partial charge on any atom is -0.457 e. The van der Waals surface area contributed by atoms with Gasteiger partial charge in [0.25, 0.3) is 5.69 Å². The van der Waals surface area contributed by atoms with Gasteiger partial charge in [-0.05, 0) is 36.8 Å². The molecule has 0 fully saturated rings. The van der Waals surface area contributed by atoms with Crippen LogP contribution in [0.3, 0.4) is 0 Å². The van der Waals surface area contributed by atoms with Crippen molar-refractivity contribution in [1.82, 2.24) is 0 Å². The first-order chi connectivity index (χ1) is 8.15. The van der Waals surface area contributed by atoms with E-state index in [2.05, 4.69) is 6.92 Å². The largest absolute Gasteiger partial charge is 0.457 e. The number of benzene rings is 2. The highest BCUT2D eigenvalue weighted by Gasteiger charge is 2.04. The maximum atomic E-state index is 10.5. The summed E-state index contributed by atoms with van der Waals surface area (Å²) in [5.41, 5.74) is 0.950. The molecule has 0 aliphatic rings. The summed E-state index contributed by atoms with van der Waals surface area (Å²) in [6, 6.07) is 13.2. The molecule has 0 atom stereocenters. The third-order valence-electron chi connectivity index (χ3n) is 2.21. The first-order valence-electron chi connectivity index (χ1n) is 4.99. The van der Waals surface area contributed by atoms with Crippen molar-refractivity contribution in [3.8, 4) is 11.5 Å². The number of nitrogens with zero attached hydrogens (tertiary/aromatic N) is 1. The normalized spacial score (nSPS) is 9.94. The predicted molar refractivity (Wildman–Crippen MR) is 64.1 cm³/mol. The smallest absolute Gasteiger partial charge is 0.269 e. The standard InChI is InChI=1S/C13H10NO3/c1-10-2-6-12(7-3-10)17-13-8-4-11(5-9-13)14(15)16/h2-9H,1H2. The molecule has 0 bridgehead atoms. The van der Waals surface area contributed by atoms with Crippen molar-refractivity contribution in [2.75, 3.05) is 0 Å². The summed E-state index contributed by atoms with van der Waals surface area (Å²) in [4.78, 5) is 10.0. The number of hydrogen-bond donors (Lipinski definition) is 0. The summed E-state index contributed by atoms with van der Waals surface area (Å²) in [6.45, 7) is 3.77. The van der Waals surface area contributed by atoms with Gasteiger partial charge in [0, 0.05) is 12.1 Å². The highest BCUT2D eigenvalue weighted by molar-refractivity contribution is 5.39. The van der Waals surface area contributed by atoms with Crippen LogP contribution in [0.15, 0.2) is 48.5 Å². The van der Waals surface area contributed by atoms with E-state index < -0.39 is 4.92 Å². The third kappa shape index (κ3) is 2.81. The Morgan fingerprint density at radius 2 is 1.41 bits per heavy atom. The van der Waals surface area contributed by atoms with Crippen molar-refractivity contribution < 1.29 is 9.66 Å². The van der Waals surface area contributed by atoms with E-state index in [1.54, 1.807) is 24.3 Å². The van der Waals surface area contributed by atoms with Crippen molar-refractivity contribution >= 4 is 5.69 Å². The molecule has 17 heavy (non-hydrogen) atoms. The predicted octanol–water partition coefficient (Wildman–Crippen LogP) is 3.57. The lowest BCUT2D eigenvalue weighted by atomic mass is 10.2. The van der Waals surface area contributed by atoms with Gasteiger partial charge in [-0.2, -0.15) is 0 Å². The second kappa shape index (κ2) is 4.65. The molecule has 4 nitrogen and oxygen atoms in total. The molecule has 0 spiro atoms. The zero-order chi connectivity index (χ0) is 12.3. The number of nitro groups is 1. The van der Waals surface area contributed by atoms with Crippen LogP contribution in [0.4, 0.5) is 5.69 Å². The first kappa shape index (κ1) is 11.1. The molecule has 0 aromatic heterocycles. The van der Waals surface area contributed by atoms with Gasteiger partial charge in [0.2, 0.25) is 0 Å². The molecule has 0 unspecified atom stereocenters. The molecule has 0 aliphatic carbocycles. The summed E-state index contributed by atoms with van der Waals surface area (Å²) in [5.74, 6) is 1.23. The van der Waals surface area contributed by atoms with Gasteiger partial charge >= 0.3 is 0 Å². The molecule has 0 saturated heterocycles. The summed E-state index contributed by atoms with van der Waals surface area (Å²) in [6.07, 6.45) is 0. The van der Waals surface area contributed by atoms with E-state index in [-0.39, 0.29) is 5.69 Å². The quantitative estimate of drug-likeness (QED) is 0.596. The molecular weight excluding hydrogens is 218 g/mol. The zero-order valence-electron chi connectivity index (χ0n) is 9.00. The number of nitro benzene ring substituents is 1. The Bertz CT molecular complexity index is 517. The van der Waals surface area contributed by atoms with Crippen LogP contribution in [0.2, 0.25) is 0 Å². The van der Waals surface area contributed by atoms with E-state index in [1.807, 2.05) is 12.1 Å². The average molecular weight is 228 g/mol. The molecule has 2 aromatic rings. The zero-order valence-corrected chi connectivity index (χ0v) is 9.00. The SMILES string of the molecule is [CH2]c1ccc(Oc2ccc([N+](=O)[O-])cc2)cc1. The average Bonchev–Trinajstić information content (AvgIpc) is 2.33. The molecule has 85 valence electrons. The van der Waals surface area contributed by atoms with E-state index >= 15 is 0 Å². The Morgan fingerprint density at radius 1 is 0.941 bits per heavy atom. The van der Waals surface area contributed by atoms with Gasteiger partial charge in [0.15, 0.2) is 0 Å². The second-order valence-electron chi connectivity index (χ2n) is 3.50. The Balaban J connectivity index is 2.13. The minimum atomic E-state index is -0.443. The van der Waals surface area contributed by atoms with E-state index in [0.29, 0.717) is 11.5 Å². The van der Waals surface area contributed by atoms with Crippen molar-refractivity contribution in [2.24, 2.45) is 0 Å². The minimum absolute atomic E-state index is 0.0467. The van der Waals surface area contributed by atoms with Crippen LogP contribution in [0.5, 0.6) is 11.5 Å². The van der Waals surface area contributed by atoms with Gasteiger partial charge in [-0.15, -0.1) is 0 Å². The van der Waals surface area contributed by atoms with Crippen molar-refractivity contribution in [3.63, 3.8) is 0 Å². The molecule has 0 saturated carbocycles. The van der Waals surface area contributed by atoms with Gasteiger partial charge in [-0.3, -0.25) is 10.1 Å². The molecule has 4 heteroatoms. The fraction of sp³-hybridized carbons (Fsp3) is 0. The molecule has 2 aromatic carbocycles. The lowest BCUT2D eigenvalue weighted by Gasteiger charge is -2.05. The van der Waals surface area contributed by atoms with Crippen molar-refractivity contribution in [3.05, 3.63) is 71.1 Å². The highest BCUT2D eigenvalue weighted by atomic mass is 16.6. The lowest BCUT2D eigenvalue weighted by Crippen LogP contribution is -1.88. The topological polar surface area (TPSA) is 52.4 Å². The molecule has 0 heterocycles. The summed E-state index contributed by atoms with van der Waals surface area (Å²) < 4.78 is 5.52. The number of non-ortho nitro benzene ring substituents is 1. The Labute approximate surface area is 98.6 Å². The van der Waals surface area contributed by atoms with E-state index in [4.69, 9.17) is 4.74 Å². The lowest BCUT2D eigenvalue weighted by molar-refractivity contribution is -0.384. The molecule has 0 N–H and O–H groups in total. The Morgan fingerprint density at radius 3 is 1.88 bits per heavy atom. The summed E-state index contributed by atoms with van der Waals surface area (Å²) in [5, 5.41) is 10.5. The van der Waals surface area contributed by atoms with Crippen LogP contribution in [-0.4, -0.2) is 4.92 Å². The summed E-state index contributed by atoms with van der Waals surface area (Å²) >= 11 is 0. The second-order valence-corrected chi connectivity index (χ2v) is 3.50. The molecular formula is C13H10NO3. The van der Waals surface area contributed by atoms with Gasteiger partial charge in [0.05, 0.1) is 4.92 Å². The van der Waals surface area contributed by atoms with Crippen LogP contribution in [0, 0.1) is 17.0 Å². The number of hydrogen-bond acceptors (Lipinski definition) is 3. The van der Waals surface area contributed by atoms with Gasteiger partial charge in [0.1, 0.15) is 11.5 Å². The molecule has 1 radical (unpaired) electrons. The molecule has 0 amide bonds. The van der Waals surface area contributed by atoms with Crippen LogP contribution >= 0.6 is 0 Å². The molecule has 2 rings (SSSR count). The Hall–Kier alpha value is -2.36. The maximum absolute atomic E-state index is 10.5. The third-order valence-corrected chi connectivity index (χ3v) is 2.21. The first-order valence-corrected chi connectivity index (χ1v) is 4.99. The van der Waals surface area contributed by atoms with E-state index in [0.717, 1.165) is 5.56 Å². The summed E-state index contributed by atoms with van der Waals surface area (Å²) in [7, 11) is 0. The van der Waals surface area contributed by atoms with E-state index in [1.165, 1.54) is 12.1 Å². The number of rotatable bonds is 3.